The standard InChI is InChI=1S/C16H25N3O2/c1-16(2,13-8-6-5-7-9-13)12-19(10-14(20)17-3)11-15(21)18-4/h5-9H,10-12H2,1-4H3,(H,17,20)(H,18,21). The molecule has 0 aliphatic heterocycles. The topological polar surface area (TPSA) is 61.4 Å². The Labute approximate surface area is 126 Å². The van der Waals surface area contributed by atoms with Crippen LogP contribution in [0.25, 0.3) is 0 Å². The van der Waals surface area contributed by atoms with Gasteiger partial charge in [0.05, 0.1) is 13.1 Å². The zero-order chi connectivity index (χ0) is 15.9. The van der Waals surface area contributed by atoms with Gasteiger partial charge in [-0.2, -0.15) is 0 Å². The number of nitrogens with one attached hydrogen (secondary N) is 2. The van der Waals surface area contributed by atoms with Crippen LogP contribution in [-0.2, 0) is 15.0 Å². The summed E-state index contributed by atoms with van der Waals surface area (Å²) in [7, 11) is 3.20. The predicted molar refractivity (Wildman–Crippen MR) is 84.0 cm³/mol. The minimum Gasteiger partial charge on any atom is -0.358 e. The molecule has 1 rings (SSSR count). The van der Waals surface area contributed by atoms with Gasteiger partial charge in [0.1, 0.15) is 0 Å². The first-order chi connectivity index (χ1) is 9.89. The van der Waals surface area contributed by atoms with Gasteiger partial charge in [0, 0.05) is 26.1 Å². The average molecular weight is 291 g/mol. The molecular weight excluding hydrogens is 266 g/mol. The Balaban J connectivity index is 2.83. The Bertz CT molecular complexity index is 454. The predicted octanol–water partition coefficient (Wildman–Crippen LogP) is 0.758. The zero-order valence-electron chi connectivity index (χ0n) is 13.3. The molecule has 0 spiro atoms. The summed E-state index contributed by atoms with van der Waals surface area (Å²) < 4.78 is 0. The molecule has 2 N–H and O–H groups in total. The summed E-state index contributed by atoms with van der Waals surface area (Å²) in [6.45, 7) is 5.27. The van der Waals surface area contributed by atoms with Gasteiger partial charge in [-0.1, -0.05) is 44.2 Å². The van der Waals surface area contributed by atoms with E-state index in [9.17, 15) is 9.59 Å². The van der Waals surface area contributed by atoms with E-state index >= 15 is 0 Å². The summed E-state index contributed by atoms with van der Waals surface area (Å²) >= 11 is 0. The largest absolute Gasteiger partial charge is 0.358 e. The lowest BCUT2D eigenvalue weighted by Crippen LogP contribution is -2.46. The average Bonchev–Trinajstić information content (AvgIpc) is 2.47. The van der Waals surface area contributed by atoms with E-state index in [1.807, 2.05) is 23.1 Å². The van der Waals surface area contributed by atoms with Crippen LogP contribution < -0.4 is 10.6 Å². The quantitative estimate of drug-likeness (QED) is 0.779. The van der Waals surface area contributed by atoms with Crippen LogP contribution in [0.1, 0.15) is 19.4 Å². The van der Waals surface area contributed by atoms with Crippen molar-refractivity contribution in [3.8, 4) is 0 Å². The Morgan fingerprint density at radius 3 is 1.90 bits per heavy atom. The maximum Gasteiger partial charge on any atom is 0.233 e. The lowest BCUT2D eigenvalue weighted by molar-refractivity contribution is -0.124. The van der Waals surface area contributed by atoms with Crippen molar-refractivity contribution in [2.75, 3.05) is 33.7 Å². The second kappa shape index (κ2) is 7.78. The van der Waals surface area contributed by atoms with E-state index in [1.165, 1.54) is 5.56 Å². The Morgan fingerprint density at radius 1 is 1.00 bits per heavy atom. The fourth-order valence-corrected chi connectivity index (χ4v) is 2.27. The summed E-state index contributed by atoms with van der Waals surface area (Å²) in [4.78, 5) is 25.1. The number of amides is 2. The zero-order valence-corrected chi connectivity index (χ0v) is 13.3. The Morgan fingerprint density at radius 2 is 1.48 bits per heavy atom. The first-order valence-electron chi connectivity index (χ1n) is 7.08. The van der Waals surface area contributed by atoms with E-state index in [2.05, 4.69) is 36.6 Å². The van der Waals surface area contributed by atoms with Crippen molar-refractivity contribution in [2.24, 2.45) is 0 Å². The van der Waals surface area contributed by atoms with Gasteiger partial charge in [-0.05, 0) is 5.56 Å². The van der Waals surface area contributed by atoms with Crippen molar-refractivity contribution in [2.45, 2.75) is 19.3 Å². The van der Waals surface area contributed by atoms with Crippen LogP contribution in [0, 0.1) is 0 Å². The minimum atomic E-state index is -0.150. The summed E-state index contributed by atoms with van der Waals surface area (Å²) in [5.41, 5.74) is 1.03. The van der Waals surface area contributed by atoms with Gasteiger partial charge < -0.3 is 10.6 Å². The molecule has 0 saturated heterocycles. The number of rotatable bonds is 7. The number of likely N-dealkylation sites (N-methyl/N-ethyl adjacent to an activating group) is 2. The van der Waals surface area contributed by atoms with Crippen molar-refractivity contribution in [1.82, 2.24) is 15.5 Å². The molecule has 0 radical (unpaired) electrons. The highest BCUT2D eigenvalue weighted by atomic mass is 16.2. The van der Waals surface area contributed by atoms with Gasteiger partial charge in [-0.15, -0.1) is 0 Å². The maximum absolute atomic E-state index is 11.6. The Kier molecular flexibility index (Phi) is 6.37. The number of hydrogen-bond donors (Lipinski definition) is 2. The normalized spacial score (nSPS) is 11.3. The number of carbonyl (C=O) groups is 2. The molecule has 2 amide bonds. The van der Waals surface area contributed by atoms with E-state index < -0.39 is 0 Å². The first kappa shape index (κ1) is 17.2. The number of benzene rings is 1. The highest BCUT2D eigenvalue weighted by Gasteiger charge is 2.25. The molecule has 0 aliphatic carbocycles. The fourth-order valence-electron chi connectivity index (χ4n) is 2.27. The van der Waals surface area contributed by atoms with Gasteiger partial charge >= 0.3 is 0 Å². The van der Waals surface area contributed by atoms with Crippen LogP contribution in [0.15, 0.2) is 30.3 Å². The van der Waals surface area contributed by atoms with E-state index in [0.29, 0.717) is 6.54 Å². The third-order valence-electron chi connectivity index (χ3n) is 3.47. The monoisotopic (exact) mass is 291 g/mol. The molecule has 0 heterocycles. The molecule has 116 valence electrons. The molecular formula is C16H25N3O2. The maximum atomic E-state index is 11.6. The van der Waals surface area contributed by atoms with Gasteiger partial charge in [0.25, 0.3) is 0 Å². The fraction of sp³-hybridized carbons (Fsp3) is 0.500. The molecule has 21 heavy (non-hydrogen) atoms. The number of hydrogen-bond acceptors (Lipinski definition) is 3. The molecule has 1 aromatic rings. The van der Waals surface area contributed by atoms with Crippen molar-refractivity contribution in [3.63, 3.8) is 0 Å². The first-order valence-corrected chi connectivity index (χ1v) is 7.08. The third kappa shape index (κ3) is 5.55. The SMILES string of the molecule is CNC(=O)CN(CC(=O)NC)CC(C)(C)c1ccccc1. The highest BCUT2D eigenvalue weighted by molar-refractivity contribution is 5.80. The smallest absolute Gasteiger partial charge is 0.233 e. The molecule has 1 aromatic carbocycles. The summed E-state index contributed by atoms with van der Waals surface area (Å²) in [5.74, 6) is -0.189. The molecule has 0 aliphatic rings. The Hall–Kier alpha value is -1.88. The van der Waals surface area contributed by atoms with E-state index in [-0.39, 0.29) is 30.3 Å². The van der Waals surface area contributed by atoms with Crippen molar-refractivity contribution in [3.05, 3.63) is 35.9 Å². The van der Waals surface area contributed by atoms with Crippen LogP contribution in [0.4, 0.5) is 0 Å². The third-order valence-corrected chi connectivity index (χ3v) is 3.47. The molecule has 0 bridgehead atoms. The second-order valence-electron chi connectivity index (χ2n) is 5.74. The van der Waals surface area contributed by atoms with Gasteiger partial charge in [-0.25, -0.2) is 0 Å². The minimum absolute atomic E-state index is 0.0947. The molecule has 5 nitrogen and oxygen atoms in total. The van der Waals surface area contributed by atoms with Crippen molar-refractivity contribution in [1.29, 1.82) is 0 Å². The number of nitrogens with zero attached hydrogens (tertiary/aromatic N) is 1. The van der Waals surface area contributed by atoms with Crippen LogP contribution in [0.5, 0.6) is 0 Å². The lowest BCUT2D eigenvalue weighted by atomic mass is 9.84. The van der Waals surface area contributed by atoms with Crippen LogP contribution >= 0.6 is 0 Å². The lowest BCUT2D eigenvalue weighted by Gasteiger charge is -2.32. The second-order valence-corrected chi connectivity index (χ2v) is 5.74. The van der Waals surface area contributed by atoms with Crippen molar-refractivity contribution < 1.29 is 9.59 Å². The number of carbonyl (C=O) groups excluding carboxylic acids is 2. The highest BCUT2D eigenvalue weighted by Crippen LogP contribution is 2.23. The van der Waals surface area contributed by atoms with Gasteiger partial charge in [-0.3, -0.25) is 14.5 Å². The summed E-state index contributed by atoms with van der Waals surface area (Å²) in [6, 6.07) is 10.1. The molecule has 0 fully saturated rings. The molecule has 0 unspecified atom stereocenters. The van der Waals surface area contributed by atoms with E-state index in [4.69, 9.17) is 0 Å². The van der Waals surface area contributed by atoms with Crippen LogP contribution in [0.2, 0.25) is 0 Å². The van der Waals surface area contributed by atoms with Gasteiger partial charge in [0.15, 0.2) is 0 Å². The van der Waals surface area contributed by atoms with Crippen LogP contribution in [-0.4, -0.2) is 50.4 Å². The van der Waals surface area contributed by atoms with Crippen LogP contribution in [0.3, 0.4) is 0 Å². The molecule has 5 heteroatoms. The van der Waals surface area contributed by atoms with Gasteiger partial charge in [0.2, 0.25) is 11.8 Å². The van der Waals surface area contributed by atoms with E-state index in [1.54, 1.807) is 14.1 Å². The van der Waals surface area contributed by atoms with Crippen molar-refractivity contribution >= 4 is 11.8 Å². The molecule has 0 saturated carbocycles. The van der Waals surface area contributed by atoms with E-state index in [0.717, 1.165) is 0 Å². The summed E-state index contributed by atoms with van der Waals surface area (Å²) in [5, 5.41) is 5.20. The summed E-state index contributed by atoms with van der Waals surface area (Å²) in [6.07, 6.45) is 0. The molecule has 0 atom stereocenters. The molecule has 0 aromatic heterocycles.